The first-order chi connectivity index (χ1) is 5.54. The standard InChI is InChI=1S/C4H7NO4.C2H4O/c6-3(7)1-5-2-4(8)9;1-2-3/h5H,1-2H2,(H,6,7)(H,8,9);2-3H,1H2. The quantitative estimate of drug-likeness (QED) is 0.428. The number of aliphatic hydroxyl groups is 1. The summed E-state index contributed by atoms with van der Waals surface area (Å²) >= 11 is 0. The highest BCUT2D eigenvalue weighted by atomic mass is 16.4. The fraction of sp³-hybridized carbons (Fsp3) is 0.333. The van der Waals surface area contributed by atoms with E-state index >= 15 is 0 Å². The van der Waals surface area contributed by atoms with Gasteiger partial charge in [-0.25, -0.2) is 0 Å². The van der Waals surface area contributed by atoms with Gasteiger partial charge in [0, 0.05) is 0 Å². The molecule has 4 N–H and O–H groups in total. The zero-order valence-electron chi connectivity index (χ0n) is 6.36. The lowest BCUT2D eigenvalue weighted by Gasteiger charge is -1.93. The Morgan fingerprint density at radius 3 is 1.67 bits per heavy atom. The number of rotatable bonds is 4. The van der Waals surface area contributed by atoms with Gasteiger partial charge in [0.15, 0.2) is 0 Å². The molecule has 0 aromatic rings. The van der Waals surface area contributed by atoms with Gasteiger partial charge >= 0.3 is 11.9 Å². The average molecular weight is 177 g/mol. The number of hydrogen-bond donors (Lipinski definition) is 4. The summed E-state index contributed by atoms with van der Waals surface area (Å²) in [5.74, 6) is -2.12. The highest BCUT2D eigenvalue weighted by molar-refractivity contribution is 5.72. The molecule has 0 aliphatic heterocycles. The predicted octanol–water partition coefficient (Wildman–Crippen LogP) is -0.567. The van der Waals surface area contributed by atoms with E-state index in [9.17, 15) is 9.59 Å². The fourth-order valence-electron chi connectivity index (χ4n) is 0.276. The molecule has 0 aliphatic rings. The van der Waals surface area contributed by atoms with Crippen molar-refractivity contribution in [3.05, 3.63) is 12.8 Å². The van der Waals surface area contributed by atoms with Crippen LogP contribution in [-0.2, 0) is 9.59 Å². The Kier molecular flexibility index (Phi) is 10.3. The molecule has 70 valence electrons. The molecule has 0 aromatic carbocycles. The van der Waals surface area contributed by atoms with Crippen LogP contribution in [0.3, 0.4) is 0 Å². The molecule has 0 atom stereocenters. The second kappa shape index (κ2) is 9.44. The van der Waals surface area contributed by atoms with Crippen molar-refractivity contribution < 1.29 is 24.9 Å². The molecular weight excluding hydrogens is 166 g/mol. The van der Waals surface area contributed by atoms with Gasteiger partial charge in [-0.2, -0.15) is 0 Å². The lowest BCUT2D eigenvalue weighted by Crippen LogP contribution is -2.27. The van der Waals surface area contributed by atoms with Gasteiger partial charge in [0.1, 0.15) is 0 Å². The van der Waals surface area contributed by atoms with Crippen molar-refractivity contribution in [2.24, 2.45) is 0 Å². The lowest BCUT2D eigenvalue weighted by atomic mass is 10.6. The van der Waals surface area contributed by atoms with Crippen molar-refractivity contribution in [3.8, 4) is 0 Å². The van der Waals surface area contributed by atoms with E-state index < -0.39 is 11.9 Å². The van der Waals surface area contributed by atoms with Crippen LogP contribution in [0.25, 0.3) is 0 Å². The summed E-state index contributed by atoms with van der Waals surface area (Å²) in [6.45, 7) is 2.29. The average Bonchev–Trinajstić information content (AvgIpc) is 1.87. The molecule has 0 fully saturated rings. The summed E-state index contributed by atoms with van der Waals surface area (Å²) < 4.78 is 0. The molecule has 0 amide bonds. The second-order valence-corrected chi connectivity index (χ2v) is 1.57. The largest absolute Gasteiger partial charge is 0.516 e. The predicted molar refractivity (Wildman–Crippen MR) is 41.0 cm³/mol. The van der Waals surface area contributed by atoms with Crippen LogP contribution < -0.4 is 5.32 Å². The van der Waals surface area contributed by atoms with Crippen LogP contribution >= 0.6 is 0 Å². The van der Waals surface area contributed by atoms with Crippen LogP contribution in [0.1, 0.15) is 0 Å². The summed E-state index contributed by atoms with van der Waals surface area (Å²) in [4.78, 5) is 19.5. The Morgan fingerprint density at radius 1 is 1.25 bits per heavy atom. The fourth-order valence-corrected chi connectivity index (χ4v) is 0.276. The molecular formula is C6H11NO5. The van der Waals surface area contributed by atoms with Gasteiger partial charge in [-0.1, -0.05) is 6.58 Å². The minimum atomic E-state index is -1.06. The van der Waals surface area contributed by atoms with Gasteiger partial charge in [-0.3, -0.25) is 14.9 Å². The van der Waals surface area contributed by atoms with Crippen molar-refractivity contribution in [2.75, 3.05) is 13.1 Å². The summed E-state index contributed by atoms with van der Waals surface area (Å²) in [6, 6.07) is 0. The van der Waals surface area contributed by atoms with Crippen LogP contribution in [0.15, 0.2) is 12.8 Å². The first kappa shape index (κ1) is 13.1. The zero-order valence-corrected chi connectivity index (χ0v) is 6.36. The molecule has 0 spiro atoms. The third-order valence-electron chi connectivity index (χ3n) is 0.552. The van der Waals surface area contributed by atoms with E-state index in [4.69, 9.17) is 15.3 Å². The maximum Gasteiger partial charge on any atom is 0.317 e. The number of carbonyl (C=O) groups is 2. The lowest BCUT2D eigenvalue weighted by molar-refractivity contribution is -0.137. The van der Waals surface area contributed by atoms with Crippen LogP contribution in [0.2, 0.25) is 0 Å². The first-order valence-electron chi connectivity index (χ1n) is 2.94. The van der Waals surface area contributed by atoms with E-state index in [0.29, 0.717) is 0 Å². The van der Waals surface area contributed by atoms with Crippen molar-refractivity contribution >= 4 is 11.9 Å². The Hall–Kier alpha value is -1.56. The van der Waals surface area contributed by atoms with Gasteiger partial charge < -0.3 is 15.3 Å². The van der Waals surface area contributed by atoms with Crippen molar-refractivity contribution in [3.63, 3.8) is 0 Å². The molecule has 12 heavy (non-hydrogen) atoms. The van der Waals surface area contributed by atoms with Gasteiger partial charge in [-0.15, -0.1) is 0 Å². The number of nitrogens with one attached hydrogen (secondary N) is 1. The Morgan fingerprint density at radius 2 is 1.50 bits per heavy atom. The summed E-state index contributed by atoms with van der Waals surface area (Å²) in [6.07, 6.45) is 0.750. The van der Waals surface area contributed by atoms with Gasteiger partial charge in [-0.05, 0) is 0 Å². The number of carboxylic acids is 2. The summed E-state index contributed by atoms with van der Waals surface area (Å²) in [5.41, 5.74) is 0. The minimum absolute atomic E-state index is 0.313. The van der Waals surface area contributed by atoms with Gasteiger partial charge in [0.2, 0.25) is 0 Å². The van der Waals surface area contributed by atoms with Crippen molar-refractivity contribution in [1.82, 2.24) is 5.32 Å². The minimum Gasteiger partial charge on any atom is -0.516 e. The number of aliphatic hydroxyl groups excluding tert-OH is 1. The van der Waals surface area contributed by atoms with Crippen LogP contribution in [0, 0.1) is 0 Å². The zero-order chi connectivity index (χ0) is 9.98. The van der Waals surface area contributed by atoms with Crippen molar-refractivity contribution in [2.45, 2.75) is 0 Å². The number of hydrogen-bond acceptors (Lipinski definition) is 4. The molecule has 0 aromatic heterocycles. The third kappa shape index (κ3) is 23.7. The van der Waals surface area contributed by atoms with Gasteiger partial charge in [0.25, 0.3) is 0 Å². The van der Waals surface area contributed by atoms with E-state index in [1.54, 1.807) is 0 Å². The van der Waals surface area contributed by atoms with E-state index in [1.807, 2.05) is 0 Å². The normalized spacial score (nSPS) is 7.67. The van der Waals surface area contributed by atoms with E-state index in [0.717, 1.165) is 6.26 Å². The van der Waals surface area contributed by atoms with Crippen molar-refractivity contribution in [1.29, 1.82) is 0 Å². The van der Waals surface area contributed by atoms with Crippen LogP contribution in [-0.4, -0.2) is 40.3 Å². The smallest absolute Gasteiger partial charge is 0.317 e. The molecule has 0 rings (SSSR count). The highest BCUT2D eigenvalue weighted by Crippen LogP contribution is 1.61. The van der Waals surface area contributed by atoms with E-state index in [-0.39, 0.29) is 13.1 Å². The Bertz CT molecular complexity index is 142. The van der Waals surface area contributed by atoms with E-state index in [1.165, 1.54) is 0 Å². The Balaban J connectivity index is 0. The highest BCUT2D eigenvalue weighted by Gasteiger charge is 1.97. The number of aliphatic carboxylic acids is 2. The Labute approximate surface area is 69.1 Å². The maximum atomic E-state index is 9.73. The van der Waals surface area contributed by atoms with Crippen LogP contribution in [0.4, 0.5) is 0 Å². The number of carboxylic acid groups (broad SMARTS) is 2. The van der Waals surface area contributed by atoms with E-state index in [2.05, 4.69) is 11.9 Å². The topological polar surface area (TPSA) is 107 Å². The first-order valence-corrected chi connectivity index (χ1v) is 2.94. The maximum absolute atomic E-state index is 9.73. The molecule has 0 saturated carbocycles. The molecule has 0 radical (unpaired) electrons. The molecule has 6 nitrogen and oxygen atoms in total. The molecule has 0 heterocycles. The molecule has 0 bridgehead atoms. The van der Waals surface area contributed by atoms with Gasteiger partial charge in [0.05, 0.1) is 19.4 Å². The third-order valence-corrected chi connectivity index (χ3v) is 0.552. The van der Waals surface area contributed by atoms with Crippen LogP contribution in [0.5, 0.6) is 0 Å². The molecule has 0 aliphatic carbocycles. The molecule has 0 unspecified atom stereocenters. The summed E-state index contributed by atoms with van der Waals surface area (Å²) in [5, 5.41) is 25.5. The SMILES string of the molecule is C=CO.O=C(O)CNCC(=O)O. The summed E-state index contributed by atoms with van der Waals surface area (Å²) in [7, 11) is 0. The molecule has 6 heteroatoms. The molecule has 0 saturated heterocycles. The second-order valence-electron chi connectivity index (χ2n) is 1.57. The monoisotopic (exact) mass is 177 g/mol.